The molecule has 188 valence electrons. The fraction of sp³-hybridized carbons (Fsp3) is 0.250. The number of benzene rings is 3. The van der Waals surface area contributed by atoms with Crippen molar-refractivity contribution in [2.45, 2.75) is 6.54 Å². The number of nitrogens with one attached hydrogen (secondary N) is 1. The van der Waals surface area contributed by atoms with Crippen LogP contribution in [0.2, 0.25) is 0 Å². The lowest BCUT2D eigenvalue weighted by atomic mass is 10.1. The lowest BCUT2D eigenvalue weighted by Crippen LogP contribution is -2.49. The van der Waals surface area contributed by atoms with E-state index in [-0.39, 0.29) is 19.3 Å². The number of para-hydroxylation sites is 2. The number of aromatic nitrogens is 2. The number of rotatable bonds is 6. The molecule has 1 fully saturated rings. The van der Waals surface area contributed by atoms with Crippen molar-refractivity contribution >= 4 is 22.9 Å². The first-order valence-electron chi connectivity index (χ1n) is 12.2. The summed E-state index contributed by atoms with van der Waals surface area (Å²) in [5, 5.41) is 0. The molecule has 0 atom stereocenters. The predicted molar refractivity (Wildman–Crippen MR) is 136 cm³/mol. The normalized spacial score (nSPS) is 15.2. The minimum atomic E-state index is -0.550. The number of amides is 1. The van der Waals surface area contributed by atoms with E-state index in [1.54, 1.807) is 17.0 Å². The zero-order chi connectivity index (χ0) is 25.2. The maximum atomic E-state index is 12.9. The number of hydrogen-bond donors (Lipinski definition) is 1. The van der Waals surface area contributed by atoms with Gasteiger partial charge in [-0.25, -0.2) is 9.78 Å². The molecule has 0 bridgehead atoms. The number of ether oxygens (including phenoxy) is 3. The number of carbonyl (C=O) groups excluding carboxylic acids is 2. The maximum absolute atomic E-state index is 12.9. The van der Waals surface area contributed by atoms with Crippen LogP contribution in [-0.2, 0) is 16.1 Å². The highest BCUT2D eigenvalue weighted by atomic mass is 16.7. The average molecular weight is 499 g/mol. The molecule has 3 aromatic carbocycles. The number of H-pyrrole nitrogens is 1. The van der Waals surface area contributed by atoms with Gasteiger partial charge in [-0.3, -0.25) is 9.69 Å². The van der Waals surface area contributed by atoms with Crippen LogP contribution in [0.1, 0.15) is 15.9 Å². The van der Waals surface area contributed by atoms with E-state index in [0.717, 1.165) is 47.7 Å². The van der Waals surface area contributed by atoms with Crippen molar-refractivity contribution in [3.63, 3.8) is 0 Å². The lowest BCUT2D eigenvalue weighted by molar-refractivity contribution is -0.136. The van der Waals surface area contributed by atoms with Crippen LogP contribution in [0.25, 0.3) is 22.4 Å². The highest BCUT2D eigenvalue weighted by Gasteiger charge is 2.24. The van der Waals surface area contributed by atoms with Gasteiger partial charge in [-0.2, -0.15) is 0 Å². The molecule has 4 aromatic rings. The highest BCUT2D eigenvalue weighted by Crippen LogP contribution is 2.33. The van der Waals surface area contributed by atoms with Crippen LogP contribution >= 0.6 is 0 Å². The number of hydrogen-bond acceptors (Lipinski definition) is 7. The van der Waals surface area contributed by atoms with Gasteiger partial charge in [0, 0.05) is 38.3 Å². The van der Waals surface area contributed by atoms with Crippen molar-refractivity contribution in [3.8, 4) is 22.9 Å². The number of carbonyl (C=O) groups is 2. The second kappa shape index (κ2) is 9.94. The van der Waals surface area contributed by atoms with Crippen molar-refractivity contribution in [3.05, 3.63) is 77.9 Å². The smallest absolute Gasteiger partial charge is 0.339 e. The van der Waals surface area contributed by atoms with Gasteiger partial charge in [0.05, 0.1) is 16.6 Å². The summed E-state index contributed by atoms with van der Waals surface area (Å²) in [4.78, 5) is 37.6. The van der Waals surface area contributed by atoms with Gasteiger partial charge in [-0.05, 0) is 35.9 Å². The molecule has 1 saturated heterocycles. The van der Waals surface area contributed by atoms with Gasteiger partial charge >= 0.3 is 5.97 Å². The molecule has 6 rings (SSSR count). The van der Waals surface area contributed by atoms with Crippen LogP contribution in [0, 0.1) is 0 Å². The molecule has 0 unspecified atom stereocenters. The molecule has 37 heavy (non-hydrogen) atoms. The Labute approximate surface area is 213 Å². The Morgan fingerprint density at radius 3 is 2.57 bits per heavy atom. The van der Waals surface area contributed by atoms with Crippen LogP contribution in [0.4, 0.5) is 0 Å². The number of imidazole rings is 1. The van der Waals surface area contributed by atoms with E-state index in [9.17, 15) is 9.59 Å². The topological polar surface area (TPSA) is 97.0 Å². The van der Waals surface area contributed by atoms with Crippen molar-refractivity contribution in [1.29, 1.82) is 0 Å². The number of piperazine rings is 1. The molecule has 1 aromatic heterocycles. The van der Waals surface area contributed by atoms with E-state index < -0.39 is 5.97 Å². The van der Waals surface area contributed by atoms with Gasteiger partial charge in [0.15, 0.2) is 18.1 Å². The average Bonchev–Trinajstić information content (AvgIpc) is 3.59. The summed E-state index contributed by atoms with van der Waals surface area (Å²) in [5.41, 5.74) is 3.83. The summed E-state index contributed by atoms with van der Waals surface area (Å²) in [5.74, 6) is 1.38. The summed E-state index contributed by atoms with van der Waals surface area (Å²) in [6.07, 6.45) is 0. The standard InChI is InChI=1S/C28H26N4O5/c33-26(32-13-11-31(12-14-32)16-19-9-10-24-25(15-19)37-18-36-24)17-35-28(34)21-6-2-1-5-20(21)27-29-22-7-3-4-8-23(22)30-27/h1-10,15H,11-14,16-18H2,(H,29,30). The first-order valence-corrected chi connectivity index (χ1v) is 12.2. The van der Waals surface area contributed by atoms with Gasteiger partial charge < -0.3 is 24.1 Å². The zero-order valence-electron chi connectivity index (χ0n) is 20.2. The molecule has 1 N–H and O–H groups in total. The number of nitrogens with zero attached hydrogens (tertiary/aromatic N) is 3. The molecule has 9 nitrogen and oxygen atoms in total. The lowest BCUT2D eigenvalue weighted by Gasteiger charge is -2.34. The second-order valence-corrected chi connectivity index (χ2v) is 9.07. The van der Waals surface area contributed by atoms with E-state index in [1.807, 2.05) is 54.6 Å². The van der Waals surface area contributed by atoms with E-state index in [4.69, 9.17) is 14.2 Å². The van der Waals surface area contributed by atoms with Gasteiger partial charge in [-0.1, -0.05) is 36.4 Å². The summed E-state index contributed by atoms with van der Waals surface area (Å²) in [7, 11) is 0. The molecule has 1 amide bonds. The molecular formula is C28H26N4O5. The predicted octanol–water partition coefficient (Wildman–Crippen LogP) is 3.46. The molecule has 3 heterocycles. The van der Waals surface area contributed by atoms with Crippen LogP contribution in [-0.4, -0.2) is 71.2 Å². The first-order chi connectivity index (χ1) is 18.1. The zero-order valence-corrected chi connectivity index (χ0v) is 20.2. The van der Waals surface area contributed by atoms with E-state index in [0.29, 0.717) is 30.0 Å². The second-order valence-electron chi connectivity index (χ2n) is 9.07. The van der Waals surface area contributed by atoms with Crippen LogP contribution in [0.15, 0.2) is 66.7 Å². The van der Waals surface area contributed by atoms with Crippen molar-refractivity contribution in [1.82, 2.24) is 19.8 Å². The molecule has 0 spiro atoms. The van der Waals surface area contributed by atoms with E-state index in [2.05, 4.69) is 14.9 Å². The first kappa shape index (κ1) is 23.1. The molecule has 2 aliphatic heterocycles. The fourth-order valence-electron chi connectivity index (χ4n) is 4.70. The Hall–Kier alpha value is -4.37. The Morgan fingerprint density at radius 2 is 1.70 bits per heavy atom. The van der Waals surface area contributed by atoms with Crippen molar-refractivity contribution in [2.75, 3.05) is 39.6 Å². The third kappa shape index (κ3) is 4.85. The third-order valence-electron chi connectivity index (χ3n) is 6.69. The molecule has 2 aliphatic rings. The van der Waals surface area contributed by atoms with Crippen LogP contribution in [0.5, 0.6) is 11.5 Å². The Balaban J connectivity index is 1.03. The monoisotopic (exact) mass is 498 g/mol. The molecule has 0 radical (unpaired) electrons. The summed E-state index contributed by atoms with van der Waals surface area (Å²) >= 11 is 0. The van der Waals surface area contributed by atoms with Crippen molar-refractivity contribution < 1.29 is 23.8 Å². The SMILES string of the molecule is O=C(OCC(=O)N1CCN(Cc2ccc3c(c2)OCO3)CC1)c1ccccc1-c1nc2ccccc2[nH]1. The largest absolute Gasteiger partial charge is 0.454 e. The van der Waals surface area contributed by atoms with Crippen LogP contribution < -0.4 is 9.47 Å². The molecule has 0 aliphatic carbocycles. The van der Waals surface area contributed by atoms with Gasteiger partial charge in [0.1, 0.15) is 5.82 Å². The summed E-state index contributed by atoms with van der Waals surface area (Å²) in [6.45, 7) is 3.37. The van der Waals surface area contributed by atoms with Crippen molar-refractivity contribution in [2.24, 2.45) is 0 Å². The quantitative estimate of drug-likeness (QED) is 0.407. The Kier molecular flexibility index (Phi) is 6.20. The number of aromatic amines is 1. The summed E-state index contributed by atoms with van der Waals surface area (Å²) in [6, 6.07) is 20.7. The number of esters is 1. The Bertz CT molecular complexity index is 1420. The molecule has 9 heteroatoms. The summed E-state index contributed by atoms with van der Waals surface area (Å²) < 4.78 is 16.3. The van der Waals surface area contributed by atoms with Gasteiger partial charge in [0.25, 0.3) is 5.91 Å². The van der Waals surface area contributed by atoms with Gasteiger partial charge in [-0.15, -0.1) is 0 Å². The van der Waals surface area contributed by atoms with E-state index in [1.165, 1.54) is 0 Å². The highest BCUT2D eigenvalue weighted by molar-refractivity contribution is 5.98. The van der Waals surface area contributed by atoms with Crippen LogP contribution in [0.3, 0.4) is 0 Å². The number of fused-ring (bicyclic) bond motifs is 2. The van der Waals surface area contributed by atoms with E-state index >= 15 is 0 Å². The minimum absolute atomic E-state index is 0.197. The van der Waals surface area contributed by atoms with Gasteiger partial charge in [0.2, 0.25) is 6.79 Å². The fourth-order valence-corrected chi connectivity index (χ4v) is 4.70. The molecule has 0 saturated carbocycles. The maximum Gasteiger partial charge on any atom is 0.339 e. The molecular weight excluding hydrogens is 472 g/mol. The minimum Gasteiger partial charge on any atom is -0.454 e. The Morgan fingerprint density at radius 1 is 0.919 bits per heavy atom. The third-order valence-corrected chi connectivity index (χ3v) is 6.69.